The van der Waals surface area contributed by atoms with Gasteiger partial charge in [-0.3, -0.25) is 20.4 Å². The van der Waals surface area contributed by atoms with E-state index in [9.17, 15) is 9.59 Å². The van der Waals surface area contributed by atoms with E-state index in [0.717, 1.165) is 11.4 Å². The monoisotopic (exact) mass is 285 g/mol. The molecule has 0 saturated heterocycles. The molecule has 2 aromatic carbocycles. The van der Waals surface area contributed by atoms with Gasteiger partial charge in [0.2, 0.25) is 0 Å². The van der Waals surface area contributed by atoms with Crippen molar-refractivity contribution in [2.24, 2.45) is 11.7 Å². The fraction of sp³-hybridized carbons (Fsp3) is 0. The number of rotatable bonds is 4. The van der Waals surface area contributed by atoms with Crippen molar-refractivity contribution in [2.45, 2.75) is 0 Å². The van der Waals surface area contributed by atoms with E-state index in [1.54, 1.807) is 48.5 Å². The molecule has 0 aliphatic heterocycles. The Kier molecular flexibility index (Phi) is 4.50. The Balaban J connectivity index is 2.08. The number of nitrogen functional groups attached to an aromatic ring is 2. The molecule has 7 heteroatoms. The predicted molar refractivity (Wildman–Crippen MR) is 79.5 cm³/mol. The second-order valence-corrected chi connectivity index (χ2v) is 4.23. The molecular weight excluding hydrogens is 270 g/mol. The maximum absolute atomic E-state index is 11.3. The molecule has 0 radical (unpaired) electrons. The number of carbonyl (C=O) groups excluding carboxylic acids is 2. The van der Waals surface area contributed by atoms with Gasteiger partial charge in [-0.25, -0.2) is 11.7 Å². The van der Waals surface area contributed by atoms with Crippen LogP contribution in [0.4, 0.5) is 11.4 Å². The van der Waals surface area contributed by atoms with Gasteiger partial charge in [0.25, 0.3) is 11.8 Å². The van der Waals surface area contributed by atoms with Gasteiger partial charge in [-0.1, -0.05) is 0 Å². The van der Waals surface area contributed by atoms with Gasteiger partial charge in [0, 0.05) is 22.5 Å². The van der Waals surface area contributed by atoms with Crippen molar-refractivity contribution in [2.75, 3.05) is 5.32 Å². The van der Waals surface area contributed by atoms with E-state index in [1.807, 2.05) is 0 Å². The predicted octanol–water partition coefficient (Wildman–Crippen LogP) is 0.637. The van der Waals surface area contributed by atoms with Crippen LogP contribution in [0.2, 0.25) is 0 Å². The van der Waals surface area contributed by atoms with Crippen molar-refractivity contribution in [3.05, 3.63) is 59.7 Å². The van der Waals surface area contributed by atoms with Gasteiger partial charge in [0.1, 0.15) is 0 Å². The van der Waals surface area contributed by atoms with E-state index in [1.165, 1.54) is 0 Å². The maximum Gasteiger partial charge on any atom is 0.265 e. The van der Waals surface area contributed by atoms with E-state index < -0.39 is 0 Å². The van der Waals surface area contributed by atoms with Crippen molar-refractivity contribution >= 4 is 23.2 Å². The van der Waals surface area contributed by atoms with Gasteiger partial charge in [-0.05, 0) is 48.5 Å². The van der Waals surface area contributed by atoms with E-state index in [4.69, 9.17) is 11.7 Å². The SMILES string of the molecule is NNC(=O)c1ccc(Nc2ccc(C(=O)NN)cc2)cc1. The number of nitrogens with one attached hydrogen (secondary N) is 3. The van der Waals surface area contributed by atoms with Crippen molar-refractivity contribution in [1.82, 2.24) is 10.9 Å². The van der Waals surface area contributed by atoms with E-state index in [2.05, 4.69) is 16.2 Å². The minimum atomic E-state index is -0.348. The Morgan fingerprint density at radius 2 is 1.00 bits per heavy atom. The lowest BCUT2D eigenvalue weighted by atomic mass is 10.1. The summed E-state index contributed by atoms with van der Waals surface area (Å²) in [6, 6.07) is 13.6. The third-order valence-corrected chi connectivity index (χ3v) is 2.85. The number of amides is 2. The lowest BCUT2D eigenvalue weighted by Gasteiger charge is -2.08. The summed E-state index contributed by atoms with van der Waals surface area (Å²) in [5.41, 5.74) is 6.68. The molecule has 21 heavy (non-hydrogen) atoms. The molecule has 0 fully saturated rings. The van der Waals surface area contributed by atoms with E-state index in [0.29, 0.717) is 11.1 Å². The van der Waals surface area contributed by atoms with Gasteiger partial charge >= 0.3 is 0 Å². The summed E-state index contributed by atoms with van der Waals surface area (Å²) in [7, 11) is 0. The molecule has 108 valence electrons. The summed E-state index contributed by atoms with van der Waals surface area (Å²) < 4.78 is 0. The minimum Gasteiger partial charge on any atom is -0.356 e. The van der Waals surface area contributed by atoms with Gasteiger partial charge < -0.3 is 5.32 Å². The van der Waals surface area contributed by atoms with Crippen molar-refractivity contribution in [3.63, 3.8) is 0 Å². The van der Waals surface area contributed by atoms with Gasteiger partial charge in [-0.2, -0.15) is 0 Å². The smallest absolute Gasteiger partial charge is 0.265 e. The second kappa shape index (κ2) is 6.51. The number of nitrogens with two attached hydrogens (primary N) is 2. The summed E-state index contributed by atoms with van der Waals surface area (Å²) in [5, 5.41) is 3.15. The third kappa shape index (κ3) is 3.56. The van der Waals surface area contributed by atoms with Gasteiger partial charge in [-0.15, -0.1) is 0 Å². The van der Waals surface area contributed by atoms with Gasteiger partial charge in [0.15, 0.2) is 0 Å². The summed E-state index contributed by atoms with van der Waals surface area (Å²) in [6.45, 7) is 0. The summed E-state index contributed by atoms with van der Waals surface area (Å²) in [5.74, 6) is 9.42. The van der Waals surface area contributed by atoms with Crippen LogP contribution >= 0.6 is 0 Å². The fourth-order valence-electron chi connectivity index (χ4n) is 1.74. The lowest BCUT2D eigenvalue weighted by molar-refractivity contribution is 0.0945. The number of benzene rings is 2. The molecule has 0 aromatic heterocycles. The first-order valence-electron chi connectivity index (χ1n) is 6.13. The molecule has 2 aromatic rings. The molecule has 2 rings (SSSR count). The lowest BCUT2D eigenvalue weighted by Crippen LogP contribution is -2.29. The Hall–Kier alpha value is -2.90. The van der Waals surface area contributed by atoms with Crippen molar-refractivity contribution in [3.8, 4) is 0 Å². The first-order valence-corrected chi connectivity index (χ1v) is 6.13. The highest BCUT2D eigenvalue weighted by Gasteiger charge is 2.04. The maximum atomic E-state index is 11.3. The van der Waals surface area contributed by atoms with Crippen LogP contribution in [0.3, 0.4) is 0 Å². The van der Waals surface area contributed by atoms with Crippen LogP contribution in [0.25, 0.3) is 0 Å². The van der Waals surface area contributed by atoms with Crippen LogP contribution in [0.5, 0.6) is 0 Å². The molecular formula is C14H15N5O2. The normalized spacial score (nSPS) is 9.81. The van der Waals surface area contributed by atoms with Crippen LogP contribution in [0, 0.1) is 0 Å². The molecule has 0 aliphatic rings. The van der Waals surface area contributed by atoms with Crippen LogP contribution in [-0.2, 0) is 0 Å². The number of carbonyl (C=O) groups is 2. The highest BCUT2D eigenvalue weighted by molar-refractivity contribution is 5.94. The highest BCUT2D eigenvalue weighted by Crippen LogP contribution is 2.17. The van der Waals surface area contributed by atoms with Crippen molar-refractivity contribution in [1.29, 1.82) is 0 Å². The number of hydrogen-bond donors (Lipinski definition) is 5. The Labute approximate surface area is 121 Å². The van der Waals surface area contributed by atoms with E-state index in [-0.39, 0.29) is 11.8 Å². The highest BCUT2D eigenvalue weighted by atomic mass is 16.2. The quantitative estimate of drug-likeness (QED) is 0.320. The molecule has 2 amide bonds. The molecule has 0 unspecified atom stereocenters. The third-order valence-electron chi connectivity index (χ3n) is 2.85. The zero-order valence-corrected chi connectivity index (χ0v) is 11.1. The van der Waals surface area contributed by atoms with Crippen LogP contribution < -0.4 is 27.9 Å². The molecule has 0 spiro atoms. The van der Waals surface area contributed by atoms with E-state index >= 15 is 0 Å². The summed E-state index contributed by atoms with van der Waals surface area (Å²) >= 11 is 0. The van der Waals surface area contributed by atoms with Crippen molar-refractivity contribution < 1.29 is 9.59 Å². The van der Waals surface area contributed by atoms with Gasteiger partial charge in [0.05, 0.1) is 0 Å². The molecule has 0 atom stereocenters. The topological polar surface area (TPSA) is 122 Å². The molecule has 0 heterocycles. The minimum absolute atomic E-state index is 0.348. The molecule has 0 aliphatic carbocycles. The summed E-state index contributed by atoms with van der Waals surface area (Å²) in [6.07, 6.45) is 0. The molecule has 7 N–H and O–H groups in total. The molecule has 0 bridgehead atoms. The number of hydrazine groups is 2. The zero-order chi connectivity index (χ0) is 15.2. The standard InChI is InChI=1S/C14H15N5O2/c15-18-13(20)9-1-5-11(6-2-9)17-12-7-3-10(4-8-12)14(21)19-16/h1-8,17H,15-16H2,(H,18,20)(H,19,21). The second-order valence-electron chi connectivity index (χ2n) is 4.23. The largest absolute Gasteiger partial charge is 0.356 e. The molecule has 7 nitrogen and oxygen atoms in total. The summed E-state index contributed by atoms with van der Waals surface area (Å²) in [4.78, 5) is 22.6. The Morgan fingerprint density at radius 1 is 0.667 bits per heavy atom. The average molecular weight is 285 g/mol. The number of hydrogen-bond acceptors (Lipinski definition) is 5. The fourth-order valence-corrected chi connectivity index (χ4v) is 1.74. The van der Waals surface area contributed by atoms with Crippen LogP contribution in [-0.4, -0.2) is 11.8 Å². The van der Waals surface area contributed by atoms with Crippen LogP contribution in [0.1, 0.15) is 20.7 Å². The Bertz CT molecular complexity index is 580. The Morgan fingerprint density at radius 3 is 1.29 bits per heavy atom. The number of anilines is 2. The van der Waals surface area contributed by atoms with Crippen LogP contribution in [0.15, 0.2) is 48.5 Å². The molecule has 0 saturated carbocycles. The first kappa shape index (κ1) is 14.5. The average Bonchev–Trinajstić information content (AvgIpc) is 2.55. The first-order chi connectivity index (χ1) is 10.1. The zero-order valence-electron chi connectivity index (χ0n) is 11.1.